The third-order valence-corrected chi connectivity index (χ3v) is 14.5. The van der Waals surface area contributed by atoms with Gasteiger partial charge in [-0.3, -0.25) is 14.3 Å². The summed E-state index contributed by atoms with van der Waals surface area (Å²) in [6, 6.07) is 13.5. The number of anilines is 1. The van der Waals surface area contributed by atoms with Gasteiger partial charge in [0.25, 0.3) is 11.8 Å². The van der Waals surface area contributed by atoms with Crippen molar-refractivity contribution in [3.05, 3.63) is 100.0 Å². The molecule has 2 amide bonds. The molecule has 3 aliphatic heterocycles. The Morgan fingerprint density at radius 2 is 2.00 bits per heavy atom. The maximum atomic E-state index is 14.2. The quantitative estimate of drug-likeness (QED) is 0.171. The molecule has 4 aromatic rings. The summed E-state index contributed by atoms with van der Waals surface area (Å²) in [4.78, 5) is 30.3. The molecule has 5 heterocycles. The Bertz CT molecular complexity index is 2330. The number of hydrogen-bond donors (Lipinski definition) is 1. The molecule has 2 aromatic heterocycles. The van der Waals surface area contributed by atoms with Gasteiger partial charge in [-0.25, -0.2) is 0 Å². The summed E-state index contributed by atoms with van der Waals surface area (Å²) in [5, 5.41) is 7.41. The summed E-state index contributed by atoms with van der Waals surface area (Å²) in [6.07, 6.45) is 14.3. The maximum absolute atomic E-state index is 14.2. The van der Waals surface area contributed by atoms with Crippen LogP contribution in [0.2, 0.25) is 5.02 Å². The first kappa shape index (κ1) is 37.2. The Labute approximate surface area is 334 Å². The fraction of sp³-hybridized carbons (Fsp3) is 0.465. The molecule has 1 fully saturated rings. The van der Waals surface area contributed by atoms with E-state index < -0.39 is 21.9 Å². The summed E-state index contributed by atoms with van der Waals surface area (Å²) in [6.45, 7) is 4.67. The van der Waals surface area contributed by atoms with E-state index in [1.54, 1.807) is 17.9 Å². The van der Waals surface area contributed by atoms with E-state index in [2.05, 4.69) is 48.5 Å². The van der Waals surface area contributed by atoms with Gasteiger partial charge in [0.05, 0.1) is 35.3 Å². The van der Waals surface area contributed by atoms with Gasteiger partial charge in [-0.2, -0.15) is 15.7 Å². The van der Waals surface area contributed by atoms with Crippen molar-refractivity contribution in [2.45, 2.75) is 75.3 Å². The first-order valence-electron chi connectivity index (χ1n) is 19.8. The Kier molecular flexibility index (Phi) is 9.86. The molecule has 0 saturated heterocycles. The second-order valence-electron chi connectivity index (χ2n) is 16.4. The number of amides is 2. The van der Waals surface area contributed by atoms with Crippen LogP contribution in [0.5, 0.6) is 5.75 Å². The van der Waals surface area contributed by atoms with Crippen molar-refractivity contribution in [3.63, 3.8) is 0 Å². The smallest absolute Gasteiger partial charge is 0.254 e. The Morgan fingerprint density at radius 1 is 1.12 bits per heavy atom. The van der Waals surface area contributed by atoms with Crippen LogP contribution in [0.1, 0.15) is 76.6 Å². The molecule has 1 saturated carbocycles. The van der Waals surface area contributed by atoms with Crippen molar-refractivity contribution in [2.75, 3.05) is 31.7 Å². The molecule has 0 radical (unpaired) electrons. The van der Waals surface area contributed by atoms with Crippen molar-refractivity contribution in [2.24, 2.45) is 29.2 Å². The van der Waals surface area contributed by atoms with Crippen LogP contribution in [0.15, 0.2) is 71.4 Å². The zero-order valence-electron chi connectivity index (χ0n) is 32.1. The molecule has 294 valence electrons. The molecule has 2 aromatic carbocycles. The van der Waals surface area contributed by atoms with Crippen LogP contribution >= 0.6 is 11.6 Å². The first-order valence-corrected chi connectivity index (χ1v) is 21.3. The number of ether oxygens (including phenoxy) is 2. The molecule has 11 nitrogen and oxygen atoms in total. The number of aryl methyl sites for hydroxylation is 4. The number of benzene rings is 2. The van der Waals surface area contributed by atoms with Gasteiger partial charge in [0.2, 0.25) is 0 Å². The van der Waals surface area contributed by atoms with E-state index in [9.17, 15) is 13.8 Å². The maximum Gasteiger partial charge on any atom is 0.254 e. The molecule has 2 aliphatic carbocycles. The van der Waals surface area contributed by atoms with E-state index in [1.807, 2.05) is 50.6 Å². The van der Waals surface area contributed by atoms with Gasteiger partial charge in [-0.1, -0.05) is 36.7 Å². The number of aromatic nitrogens is 3. The van der Waals surface area contributed by atoms with Crippen molar-refractivity contribution in [3.8, 4) is 17.0 Å². The zero-order valence-corrected chi connectivity index (χ0v) is 33.7. The van der Waals surface area contributed by atoms with Crippen LogP contribution in [0.3, 0.4) is 0 Å². The molecule has 56 heavy (non-hydrogen) atoms. The number of carbonyl (C=O) groups is 2. The molecule has 1 N–H and O–H groups in total. The minimum Gasteiger partial charge on any atom is -0.490 e. The topological polar surface area (TPSA) is 120 Å². The normalized spacial score (nSPS) is 28.0. The highest BCUT2D eigenvalue weighted by molar-refractivity contribution is 7.75. The second kappa shape index (κ2) is 14.8. The van der Waals surface area contributed by atoms with E-state index in [-0.39, 0.29) is 23.3 Å². The van der Waals surface area contributed by atoms with Gasteiger partial charge in [0.1, 0.15) is 5.75 Å². The number of allylic oxidation sites excluding steroid dienone is 1. The number of rotatable bonds is 3. The molecular formula is C43H48ClN6O5S-. The van der Waals surface area contributed by atoms with Crippen LogP contribution in [0.4, 0.5) is 5.69 Å². The predicted molar refractivity (Wildman–Crippen MR) is 217 cm³/mol. The summed E-state index contributed by atoms with van der Waals surface area (Å²) < 4.78 is 35.1. The molecule has 9 rings (SSSR count). The van der Waals surface area contributed by atoms with Gasteiger partial charge in [-0.05, 0) is 109 Å². The molecule has 6 atom stereocenters. The van der Waals surface area contributed by atoms with Crippen molar-refractivity contribution in [1.29, 1.82) is 0 Å². The van der Waals surface area contributed by atoms with Crippen LogP contribution in [-0.2, 0) is 51.4 Å². The minimum absolute atomic E-state index is 0.0933. The van der Waals surface area contributed by atoms with Gasteiger partial charge < -0.3 is 32.8 Å². The lowest BCUT2D eigenvalue weighted by molar-refractivity contribution is 0.0131. The van der Waals surface area contributed by atoms with E-state index in [0.717, 1.165) is 79.3 Å². The number of methoxy groups -OCH3 is 1. The number of hydrogen-bond acceptors (Lipinski definition) is 8. The predicted octanol–water partition coefficient (Wildman–Crippen LogP) is 7.25. The molecular weight excluding hydrogens is 748 g/mol. The molecule has 2 bridgehead atoms. The average molecular weight is 796 g/mol. The van der Waals surface area contributed by atoms with E-state index in [0.29, 0.717) is 48.3 Å². The van der Waals surface area contributed by atoms with Crippen LogP contribution < -0.4 is 15.0 Å². The van der Waals surface area contributed by atoms with Gasteiger partial charge in [-0.15, -0.1) is 0 Å². The van der Waals surface area contributed by atoms with Gasteiger partial charge >= 0.3 is 0 Å². The zero-order chi connectivity index (χ0) is 38.7. The van der Waals surface area contributed by atoms with Crippen LogP contribution in [0, 0.1) is 17.8 Å². The second-order valence-corrected chi connectivity index (χ2v) is 18.1. The van der Waals surface area contributed by atoms with E-state index in [1.165, 1.54) is 11.1 Å². The third kappa shape index (κ3) is 6.77. The number of carbonyl (C=O) groups excluding carboxylic acids is 2. The average Bonchev–Trinajstić information content (AvgIpc) is 3.75. The molecule has 13 heteroatoms. The van der Waals surface area contributed by atoms with Gasteiger partial charge in [0, 0.05) is 74.2 Å². The van der Waals surface area contributed by atoms with Crippen molar-refractivity contribution < 1.29 is 23.3 Å². The first-order chi connectivity index (χ1) is 27.1. The van der Waals surface area contributed by atoms with E-state index >= 15 is 0 Å². The Hall–Kier alpha value is -4.39. The summed E-state index contributed by atoms with van der Waals surface area (Å²) in [7, 11) is 1.57. The number of fused-ring (bicyclic) bond motifs is 7. The Balaban J connectivity index is 1.06. The summed E-state index contributed by atoms with van der Waals surface area (Å²) in [5.41, 5.74) is 6.84. The van der Waals surface area contributed by atoms with Gasteiger partial charge in [0.15, 0.2) is 0 Å². The highest BCUT2D eigenvalue weighted by atomic mass is 35.5. The largest absolute Gasteiger partial charge is 0.490 e. The monoisotopic (exact) mass is 795 g/mol. The lowest BCUT2D eigenvalue weighted by atomic mass is 9.68. The fourth-order valence-corrected chi connectivity index (χ4v) is 11.0. The minimum atomic E-state index is -2.09. The standard InChI is InChI=1S/C43H48ClN6O5S/c1-26-6-4-8-38(54-3)32-12-9-29(32)21-50-24-43(16-5-7-27-18-31(44)11-13-34(27)43)25-55-39-14-10-28(19-37(39)50)41(52)47-56(53)42(26)45-40(51)30-20-36-33-23-48(2)46-35(33)15-17-49(36)22-30/h4,8,10-11,13-14,18-20,22-23,26,29,32,38,42H,5-7,9,12,15-17,21,24-25H2,1-3H3,(H,45,51)/q-1/b8-4+/t26-,29-,32+,38-,42?,43-/m0/s1. The lowest BCUT2D eigenvalue weighted by Crippen LogP contribution is -2.49. The summed E-state index contributed by atoms with van der Waals surface area (Å²) in [5.74, 6) is 0.123. The number of nitrogens with one attached hydrogen (secondary N) is 1. The molecule has 5 aliphatic rings. The van der Waals surface area contributed by atoms with Crippen LogP contribution in [-0.4, -0.2) is 64.4 Å². The SMILES string of the molecule is CO[C@H]1/C=C/C[C@H](C)C(NC(=O)c2cc3n(c2)CCc2nn(C)cc2-3)[S-](=O)=NC(=O)c2ccc3c(c2)N(C[C@@H]2CC[C@H]21)C[C@@]1(CCCc2cc(Cl)ccc21)CO3. The lowest BCUT2D eigenvalue weighted by Gasteiger charge is -2.46. The number of nitrogens with zero attached hydrogens (tertiary/aromatic N) is 5. The highest BCUT2D eigenvalue weighted by Crippen LogP contribution is 2.47. The Morgan fingerprint density at radius 3 is 2.82 bits per heavy atom. The van der Waals surface area contributed by atoms with Crippen molar-refractivity contribution >= 4 is 39.7 Å². The van der Waals surface area contributed by atoms with E-state index in [4.69, 9.17) is 21.1 Å². The molecule has 1 unspecified atom stereocenters. The summed E-state index contributed by atoms with van der Waals surface area (Å²) >= 11 is 6.48. The third-order valence-electron chi connectivity index (χ3n) is 12.9. The van der Waals surface area contributed by atoms with Crippen molar-refractivity contribution in [1.82, 2.24) is 19.7 Å². The highest BCUT2D eigenvalue weighted by Gasteiger charge is 2.44. The molecule has 1 spiro atoms. The fourth-order valence-electron chi connectivity index (χ4n) is 9.73. The van der Waals surface area contributed by atoms with Crippen LogP contribution in [0.25, 0.3) is 11.3 Å². The number of halogens is 1.